The topological polar surface area (TPSA) is 27.1 Å². The summed E-state index contributed by atoms with van der Waals surface area (Å²) in [5.74, 6) is 2.00. The zero-order valence-electron chi connectivity index (χ0n) is 15.0. The molecule has 1 heterocycles. The Morgan fingerprint density at radius 2 is 1.71 bits per heavy atom. The maximum atomic E-state index is 5.89. The van der Waals surface area contributed by atoms with Crippen LogP contribution in [0.25, 0.3) is 11.0 Å². The standard InChI is InChI=1S/C21H26N2O/c1-16-22-19-8-5-6-9-20(19)23(16)14-7-15-24-18-12-10-17(11-13-18)21(2,3)4/h5-6,8-13H,7,14-15H2,1-4H3. The number of rotatable bonds is 5. The molecule has 24 heavy (non-hydrogen) atoms. The van der Waals surface area contributed by atoms with Crippen LogP contribution >= 0.6 is 0 Å². The minimum atomic E-state index is 0.179. The molecule has 0 amide bonds. The van der Waals surface area contributed by atoms with Gasteiger partial charge in [-0.15, -0.1) is 0 Å². The van der Waals surface area contributed by atoms with Gasteiger partial charge >= 0.3 is 0 Å². The van der Waals surface area contributed by atoms with Crippen LogP contribution in [0.4, 0.5) is 0 Å². The molecule has 0 atom stereocenters. The first-order valence-electron chi connectivity index (χ1n) is 8.60. The third kappa shape index (κ3) is 3.61. The normalized spacial score (nSPS) is 11.8. The fourth-order valence-electron chi connectivity index (χ4n) is 2.94. The van der Waals surface area contributed by atoms with Gasteiger partial charge in [0.05, 0.1) is 17.6 Å². The minimum absolute atomic E-state index is 0.179. The molecule has 0 spiro atoms. The third-order valence-corrected chi connectivity index (χ3v) is 4.36. The van der Waals surface area contributed by atoms with E-state index >= 15 is 0 Å². The molecule has 0 N–H and O–H groups in total. The molecule has 0 bridgehead atoms. The molecule has 3 rings (SSSR count). The Hall–Kier alpha value is -2.29. The predicted octanol–water partition coefficient (Wildman–Crippen LogP) is 5.11. The predicted molar refractivity (Wildman–Crippen MR) is 99.7 cm³/mol. The van der Waals surface area contributed by atoms with E-state index in [1.165, 1.54) is 11.1 Å². The fraction of sp³-hybridized carbons (Fsp3) is 0.381. The largest absolute Gasteiger partial charge is 0.494 e. The first-order valence-corrected chi connectivity index (χ1v) is 8.60. The van der Waals surface area contributed by atoms with Crippen molar-refractivity contribution in [3.8, 4) is 5.75 Å². The smallest absolute Gasteiger partial charge is 0.119 e. The van der Waals surface area contributed by atoms with E-state index in [0.717, 1.165) is 30.1 Å². The van der Waals surface area contributed by atoms with Gasteiger partial charge in [0.1, 0.15) is 11.6 Å². The summed E-state index contributed by atoms with van der Waals surface area (Å²) in [5, 5.41) is 0. The zero-order valence-corrected chi connectivity index (χ0v) is 15.0. The van der Waals surface area contributed by atoms with Crippen molar-refractivity contribution in [2.24, 2.45) is 0 Å². The average molecular weight is 322 g/mol. The highest BCUT2D eigenvalue weighted by Crippen LogP contribution is 2.24. The number of para-hydroxylation sites is 2. The number of aromatic nitrogens is 2. The first kappa shape index (κ1) is 16.6. The lowest BCUT2D eigenvalue weighted by Gasteiger charge is -2.19. The second-order valence-electron chi connectivity index (χ2n) is 7.28. The first-order chi connectivity index (χ1) is 11.4. The van der Waals surface area contributed by atoms with Crippen molar-refractivity contribution in [2.75, 3.05) is 6.61 Å². The quantitative estimate of drug-likeness (QED) is 0.610. The Balaban J connectivity index is 1.56. The van der Waals surface area contributed by atoms with Gasteiger partial charge < -0.3 is 9.30 Å². The van der Waals surface area contributed by atoms with Crippen LogP contribution in [0.2, 0.25) is 0 Å². The number of aryl methyl sites for hydroxylation is 2. The van der Waals surface area contributed by atoms with Crippen LogP contribution in [0, 0.1) is 6.92 Å². The summed E-state index contributed by atoms with van der Waals surface area (Å²) in [6.07, 6.45) is 0.961. The summed E-state index contributed by atoms with van der Waals surface area (Å²) < 4.78 is 8.16. The van der Waals surface area contributed by atoms with Crippen molar-refractivity contribution < 1.29 is 4.74 Å². The fourth-order valence-corrected chi connectivity index (χ4v) is 2.94. The molecule has 3 nitrogen and oxygen atoms in total. The van der Waals surface area contributed by atoms with E-state index in [4.69, 9.17) is 4.74 Å². The molecule has 126 valence electrons. The van der Waals surface area contributed by atoms with Crippen LogP contribution < -0.4 is 4.74 Å². The third-order valence-electron chi connectivity index (χ3n) is 4.36. The molecule has 3 heteroatoms. The summed E-state index contributed by atoms with van der Waals surface area (Å²) >= 11 is 0. The summed E-state index contributed by atoms with van der Waals surface area (Å²) in [5.41, 5.74) is 3.77. The number of hydrogen-bond donors (Lipinski definition) is 0. The van der Waals surface area contributed by atoms with E-state index in [0.29, 0.717) is 6.61 Å². The van der Waals surface area contributed by atoms with Crippen LogP contribution in [0.1, 0.15) is 38.6 Å². The lowest BCUT2D eigenvalue weighted by atomic mass is 9.87. The van der Waals surface area contributed by atoms with Crippen LogP contribution in [0.3, 0.4) is 0 Å². The molecule has 0 saturated heterocycles. The number of fused-ring (bicyclic) bond motifs is 1. The number of hydrogen-bond acceptors (Lipinski definition) is 2. The van der Waals surface area contributed by atoms with Crippen molar-refractivity contribution in [3.63, 3.8) is 0 Å². The van der Waals surface area contributed by atoms with Crippen LogP contribution in [-0.4, -0.2) is 16.2 Å². The Kier molecular flexibility index (Phi) is 4.61. The van der Waals surface area contributed by atoms with Crippen molar-refractivity contribution in [1.29, 1.82) is 0 Å². The van der Waals surface area contributed by atoms with E-state index in [-0.39, 0.29) is 5.41 Å². The van der Waals surface area contributed by atoms with Gasteiger partial charge in [0.2, 0.25) is 0 Å². The molecule has 0 radical (unpaired) electrons. The highest BCUT2D eigenvalue weighted by atomic mass is 16.5. The summed E-state index contributed by atoms with van der Waals surface area (Å²) in [6.45, 7) is 10.4. The molecule has 2 aromatic carbocycles. The van der Waals surface area contributed by atoms with Gasteiger partial charge in [-0.2, -0.15) is 0 Å². The van der Waals surface area contributed by atoms with E-state index in [9.17, 15) is 0 Å². The molecule has 0 aliphatic carbocycles. The Morgan fingerprint density at radius 1 is 1.00 bits per heavy atom. The molecule has 0 aliphatic rings. The zero-order chi connectivity index (χ0) is 17.2. The van der Waals surface area contributed by atoms with Crippen molar-refractivity contribution in [1.82, 2.24) is 9.55 Å². The number of ether oxygens (including phenoxy) is 1. The number of benzene rings is 2. The lowest BCUT2D eigenvalue weighted by molar-refractivity contribution is 0.302. The highest BCUT2D eigenvalue weighted by molar-refractivity contribution is 5.75. The van der Waals surface area contributed by atoms with Gasteiger partial charge in [-0.25, -0.2) is 4.98 Å². The van der Waals surface area contributed by atoms with E-state index in [2.05, 4.69) is 79.7 Å². The Labute approximate surface area is 144 Å². The molecule has 3 aromatic rings. The van der Waals surface area contributed by atoms with Crippen molar-refractivity contribution >= 4 is 11.0 Å². The lowest BCUT2D eigenvalue weighted by Crippen LogP contribution is -2.10. The number of nitrogens with zero attached hydrogens (tertiary/aromatic N) is 2. The number of imidazole rings is 1. The van der Waals surface area contributed by atoms with Crippen LogP contribution in [0.15, 0.2) is 48.5 Å². The molecule has 1 aromatic heterocycles. The van der Waals surface area contributed by atoms with Crippen LogP contribution in [0.5, 0.6) is 5.75 Å². The van der Waals surface area contributed by atoms with E-state index in [1.54, 1.807) is 0 Å². The van der Waals surface area contributed by atoms with E-state index < -0.39 is 0 Å². The molecular weight excluding hydrogens is 296 g/mol. The maximum absolute atomic E-state index is 5.89. The SMILES string of the molecule is Cc1nc2ccccc2n1CCCOc1ccc(C(C)(C)C)cc1. The molecule has 0 aliphatic heterocycles. The summed E-state index contributed by atoms with van der Waals surface area (Å²) in [7, 11) is 0. The minimum Gasteiger partial charge on any atom is -0.494 e. The van der Waals surface area contributed by atoms with Gasteiger partial charge in [-0.3, -0.25) is 0 Å². The van der Waals surface area contributed by atoms with Gasteiger partial charge in [0.25, 0.3) is 0 Å². The molecular formula is C21H26N2O. The Bertz CT molecular complexity index is 810. The van der Waals surface area contributed by atoms with Gasteiger partial charge in [-0.1, -0.05) is 45.0 Å². The van der Waals surface area contributed by atoms with Gasteiger partial charge in [-0.05, 0) is 48.6 Å². The maximum Gasteiger partial charge on any atom is 0.119 e. The van der Waals surface area contributed by atoms with Gasteiger partial charge in [0.15, 0.2) is 0 Å². The summed E-state index contributed by atoms with van der Waals surface area (Å²) in [4.78, 5) is 4.60. The second kappa shape index (κ2) is 6.68. The van der Waals surface area contributed by atoms with Gasteiger partial charge in [0, 0.05) is 6.54 Å². The van der Waals surface area contributed by atoms with Crippen LogP contribution in [-0.2, 0) is 12.0 Å². The van der Waals surface area contributed by atoms with Crippen molar-refractivity contribution in [3.05, 3.63) is 59.9 Å². The average Bonchev–Trinajstić information content (AvgIpc) is 2.87. The molecule has 0 fully saturated rings. The highest BCUT2D eigenvalue weighted by Gasteiger charge is 2.13. The second-order valence-corrected chi connectivity index (χ2v) is 7.28. The Morgan fingerprint density at radius 3 is 2.42 bits per heavy atom. The molecule has 0 unspecified atom stereocenters. The summed E-state index contributed by atoms with van der Waals surface area (Å²) in [6, 6.07) is 16.7. The van der Waals surface area contributed by atoms with Crippen molar-refractivity contribution in [2.45, 2.75) is 46.1 Å². The van der Waals surface area contributed by atoms with E-state index in [1.807, 2.05) is 6.07 Å². The molecule has 0 saturated carbocycles. The monoisotopic (exact) mass is 322 g/mol.